The number of ether oxygens (including phenoxy) is 1. The highest BCUT2D eigenvalue weighted by molar-refractivity contribution is 5.96. The summed E-state index contributed by atoms with van der Waals surface area (Å²) >= 11 is 0. The van der Waals surface area contributed by atoms with E-state index < -0.39 is 0 Å². The minimum Gasteiger partial charge on any atom is -0.497 e. The summed E-state index contributed by atoms with van der Waals surface area (Å²) in [4.78, 5) is 12.4. The lowest BCUT2D eigenvalue weighted by molar-refractivity contribution is 0.0946. The highest BCUT2D eigenvalue weighted by Gasteiger charge is 2.28. The number of nitrogens with one attached hydrogen (secondary N) is 1. The third-order valence-corrected chi connectivity index (χ3v) is 3.62. The number of carbonyl (C=O) groups excluding carboxylic acids is 1. The second-order valence-corrected chi connectivity index (χ2v) is 5.34. The van der Waals surface area contributed by atoms with Gasteiger partial charge in [0.2, 0.25) is 0 Å². The second kappa shape index (κ2) is 5.60. The number of aryl methyl sites for hydroxylation is 1. The molecule has 1 saturated carbocycles. The third-order valence-electron chi connectivity index (χ3n) is 3.62. The minimum atomic E-state index is -0.0893. The molecule has 0 atom stereocenters. The maximum atomic E-state index is 12.4. The molecule has 1 heterocycles. The molecule has 5 nitrogen and oxygen atoms in total. The first-order valence-corrected chi connectivity index (χ1v) is 7.05. The zero-order valence-corrected chi connectivity index (χ0v) is 12.2. The van der Waals surface area contributed by atoms with Gasteiger partial charge in [-0.25, -0.2) is 0 Å². The van der Waals surface area contributed by atoms with Gasteiger partial charge in [-0.2, -0.15) is 0 Å². The molecule has 5 heteroatoms. The van der Waals surface area contributed by atoms with Gasteiger partial charge in [-0.15, -0.1) is 0 Å². The summed E-state index contributed by atoms with van der Waals surface area (Å²) in [5.74, 6) is 1.84. The first-order valence-electron chi connectivity index (χ1n) is 7.05. The fraction of sp³-hybridized carbons (Fsp3) is 0.375. The Labute approximate surface area is 123 Å². The molecule has 1 aliphatic carbocycles. The van der Waals surface area contributed by atoms with E-state index in [2.05, 4.69) is 10.5 Å². The van der Waals surface area contributed by atoms with Gasteiger partial charge in [-0.1, -0.05) is 5.16 Å². The predicted octanol–water partition coefficient (Wildman–Crippen LogP) is 2.80. The molecule has 0 aliphatic heterocycles. The lowest BCUT2D eigenvalue weighted by Crippen LogP contribution is -2.23. The van der Waals surface area contributed by atoms with E-state index in [4.69, 9.17) is 9.26 Å². The van der Waals surface area contributed by atoms with Crippen LogP contribution in [-0.4, -0.2) is 18.2 Å². The molecule has 1 N–H and O–H groups in total. The summed E-state index contributed by atoms with van der Waals surface area (Å²) in [6.45, 7) is 2.19. The van der Waals surface area contributed by atoms with E-state index in [9.17, 15) is 4.79 Å². The molecule has 0 spiro atoms. The normalized spacial score (nSPS) is 14.0. The van der Waals surface area contributed by atoms with Crippen molar-refractivity contribution < 1.29 is 14.1 Å². The number of methoxy groups -OCH3 is 1. The van der Waals surface area contributed by atoms with Crippen LogP contribution in [0.2, 0.25) is 0 Å². The van der Waals surface area contributed by atoms with Crippen LogP contribution in [0.1, 0.15) is 46.1 Å². The van der Waals surface area contributed by atoms with Gasteiger partial charge in [0, 0.05) is 11.6 Å². The number of rotatable bonds is 5. The Balaban J connectivity index is 1.74. The Morgan fingerprint density at radius 1 is 1.43 bits per heavy atom. The molecular formula is C16H18N2O3. The fourth-order valence-electron chi connectivity index (χ4n) is 2.37. The Bertz CT molecular complexity index is 659. The second-order valence-electron chi connectivity index (χ2n) is 5.34. The monoisotopic (exact) mass is 286 g/mol. The predicted molar refractivity (Wildman–Crippen MR) is 77.4 cm³/mol. The number of hydrogen-bond donors (Lipinski definition) is 1. The van der Waals surface area contributed by atoms with Crippen LogP contribution >= 0.6 is 0 Å². The average Bonchev–Trinajstić information content (AvgIpc) is 3.27. The highest BCUT2D eigenvalue weighted by atomic mass is 16.5. The smallest absolute Gasteiger partial charge is 0.251 e. The SMILES string of the molecule is COc1ccc(C(=O)NCc2cc(C)no2)c(C2CC2)c1. The van der Waals surface area contributed by atoms with Crippen molar-refractivity contribution in [2.75, 3.05) is 7.11 Å². The van der Waals surface area contributed by atoms with Crippen LogP contribution < -0.4 is 10.1 Å². The summed E-state index contributed by atoms with van der Waals surface area (Å²) in [6, 6.07) is 7.42. The first-order chi connectivity index (χ1) is 10.2. The molecule has 3 rings (SSSR count). The molecular weight excluding hydrogens is 268 g/mol. The minimum absolute atomic E-state index is 0.0893. The van der Waals surface area contributed by atoms with E-state index in [1.807, 2.05) is 31.2 Å². The lowest BCUT2D eigenvalue weighted by Gasteiger charge is -2.10. The number of aromatic nitrogens is 1. The van der Waals surface area contributed by atoms with Crippen LogP contribution in [0.15, 0.2) is 28.8 Å². The van der Waals surface area contributed by atoms with Crippen LogP contribution in [0.3, 0.4) is 0 Å². The van der Waals surface area contributed by atoms with Crippen molar-refractivity contribution in [1.29, 1.82) is 0 Å². The molecule has 0 unspecified atom stereocenters. The van der Waals surface area contributed by atoms with Gasteiger partial charge in [-0.3, -0.25) is 4.79 Å². The maximum absolute atomic E-state index is 12.4. The van der Waals surface area contributed by atoms with Gasteiger partial charge >= 0.3 is 0 Å². The van der Waals surface area contributed by atoms with E-state index in [0.717, 1.165) is 35.4 Å². The molecule has 0 radical (unpaired) electrons. The molecule has 0 saturated heterocycles. The van der Waals surface area contributed by atoms with Crippen molar-refractivity contribution in [2.24, 2.45) is 0 Å². The molecule has 1 fully saturated rings. The number of carbonyl (C=O) groups is 1. The van der Waals surface area contributed by atoms with Crippen molar-refractivity contribution in [3.63, 3.8) is 0 Å². The van der Waals surface area contributed by atoms with Crippen LogP contribution in [0.4, 0.5) is 0 Å². The van der Waals surface area contributed by atoms with Crippen molar-refractivity contribution in [3.8, 4) is 5.75 Å². The summed E-state index contributed by atoms with van der Waals surface area (Å²) in [5.41, 5.74) is 2.59. The Morgan fingerprint density at radius 2 is 2.24 bits per heavy atom. The lowest BCUT2D eigenvalue weighted by atomic mass is 10.0. The largest absolute Gasteiger partial charge is 0.497 e. The molecule has 1 aliphatic rings. The Kier molecular flexibility index (Phi) is 3.64. The molecule has 1 aromatic heterocycles. The third kappa shape index (κ3) is 3.07. The number of benzene rings is 1. The number of nitrogens with zero attached hydrogens (tertiary/aromatic N) is 1. The fourth-order valence-corrected chi connectivity index (χ4v) is 2.37. The van der Waals surface area contributed by atoms with Crippen molar-refractivity contribution in [2.45, 2.75) is 32.2 Å². The van der Waals surface area contributed by atoms with E-state index in [1.165, 1.54) is 0 Å². The van der Waals surface area contributed by atoms with Crippen LogP contribution in [0, 0.1) is 6.92 Å². The van der Waals surface area contributed by atoms with Gasteiger partial charge in [0.1, 0.15) is 5.75 Å². The van der Waals surface area contributed by atoms with E-state index in [-0.39, 0.29) is 5.91 Å². The van der Waals surface area contributed by atoms with E-state index in [1.54, 1.807) is 7.11 Å². The topological polar surface area (TPSA) is 64.4 Å². The molecule has 1 aromatic carbocycles. The van der Waals surface area contributed by atoms with E-state index >= 15 is 0 Å². The highest BCUT2D eigenvalue weighted by Crippen LogP contribution is 2.42. The van der Waals surface area contributed by atoms with Crippen LogP contribution in [0.5, 0.6) is 5.75 Å². The molecule has 1 amide bonds. The van der Waals surface area contributed by atoms with Crippen LogP contribution in [-0.2, 0) is 6.54 Å². The van der Waals surface area contributed by atoms with Gasteiger partial charge in [0.15, 0.2) is 5.76 Å². The summed E-state index contributed by atoms with van der Waals surface area (Å²) in [7, 11) is 1.64. The molecule has 0 bridgehead atoms. The number of amides is 1. The van der Waals surface area contributed by atoms with Gasteiger partial charge in [-0.05, 0) is 49.4 Å². The average molecular weight is 286 g/mol. The van der Waals surface area contributed by atoms with Gasteiger partial charge in [0.05, 0.1) is 19.3 Å². The zero-order chi connectivity index (χ0) is 14.8. The quantitative estimate of drug-likeness (QED) is 0.918. The molecule has 21 heavy (non-hydrogen) atoms. The summed E-state index contributed by atoms with van der Waals surface area (Å²) in [6.07, 6.45) is 2.27. The Morgan fingerprint density at radius 3 is 2.86 bits per heavy atom. The first kappa shape index (κ1) is 13.7. The van der Waals surface area contributed by atoms with Crippen molar-refractivity contribution >= 4 is 5.91 Å². The van der Waals surface area contributed by atoms with Crippen molar-refractivity contribution in [3.05, 3.63) is 46.8 Å². The zero-order valence-electron chi connectivity index (χ0n) is 12.2. The number of hydrogen-bond acceptors (Lipinski definition) is 4. The van der Waals surface area contributed by atoms with Crippen LogP contribution in [0.25, 0.3) is 0 Å². The summed E-state index contributed by atoms with van der Waals surface area (Å²) < 4.78 is 10.3. The maximum Gasteiger partial charge on any atom is 0.251 e. The van der Waals surface area contributed by atoms with Gasteiger partial charge in [0.25, 0.3) is 5.91 Å². The van der Waals surface area contributed by atoms with Crippen molar-refractivity contribution in [1.82, 2.24) is 10.5 Å². The van der Waals surface area contributed by atoms with E-state index in [0.29, 0.717) is 18.2 Å². The molecule has 110 valence electrons. The molecule has 2 aromatic rings. The Hall–Kier alpha value is -2.30. The standard InChI is InChI=1S/C16H18N2O3/c1-10-7-13(21-18-10)9-17-16(19)14-6-5-12(20-2)8-15(14)11-3-4-11/h5-8,11H,3-4,9H2,1-2H3,(H,17,19). The summed E-state index contributed by atoms with van der Waals surface area (Å²) in [5, 5.41) is 6.68. The van der Waals surface area contributed by atoms with Gasteiger partial charge < -0.3 is 14.6 Å².